The highest BCUT2D eigenvalue weighted by atomic mass is 16.1. The van der Waals surface area contributed by atoms with Gasteiger partial charge in [-0.05, 0) is 13.6 Å². The van der Waals surface area contributed by atoms with Crippen LogP contribution in [-0.2, 0) is 0 Å². The van der Waals surface area contributed by atoms with Crippen molar-refractivity contribution in [1.29, 1.82) is 0 Å². The Labute approximate surface area is 64.0 Å². The second kappa shape index (κ2) is 3.01. The maximum absolute atomic E-state index is 10.9. The molecule has 1 aromatic rings. The number of aromatic nitrogens is 2. The molecule has 4 heteroatoms. The Bertz CT molecular complexity index is 295. The van der Waals surface area contributed by atoms with Crippen molar-refractivity contribution in [3.63, 3.8) is 0 Å². The first kappa shape index (κ1) is 7.53. The Kier molecular flexibility index (Phi) is 2.06. The molecule has 0 fully saturated rings. The highest BCUT2D eigenvalue weighted by Crippen LogP contribution is 2.02. The molecule has 0 N–H and O–H groups in total. The van der Waals surface area contributed by atoms with Crippen LogP contribution in [0.3, 0.4) is 0 Å². The first-order valence-corrected chi connectivity index (χ1v) is 3.03. The topological polar surface area (TPSA) is 55.2 Å². The van der Waals surface area contributed by atoms with E-state index in [1.165, 1.54) is 12.5 Å². The van der Waals surface area contributed by atoms with Gasteiger partial charge in [0, 0.05) is 6.20 Å². The standard InChI is InChI=1S/C7H7N3O/c1-5-6(7(11)8-2)3-9-4-10-5/h3-4H,2H2,1H3. The molecule has 1 aromatic heterocycles. The molecule has 1 amide bonds. The summed E-state index contributed by atoms with van der Waals surface area (Å²) in [6.07, 6.45) is 2.81. The van der Waals surface area contributed by atoms with E-state index in [-0.39, 0.29) is 5.91 Å². The fourth-order valence-electron chi connectivity index (χ4n) is 0.686. The predicted molar refractivity (Wildman–Crippen MR) is 40.6 cm³/mol. The number of nitrogens with zero attached hydrogens (tertiary/aromatic N) is 3. The predicted octanol–water partition coefficient (Wildman–Crippen LogP) is 0.626. The van der Waals surface area contributed by atoms with Crippen molar-refractivity contribution in [3.8, 4) is 0 Å². The molecule has 0 saturated carbocycles. The SMILES string of the molecule is C=NC(=O)c1cncnc1C. The van der Waals surface area contributed by atoms with Gasteiger partial charge in [0.2, 0.25) is 0 Å². The molecule has 0 spiro atoms. The lowest BCUT2D eigenvalue weighted by molar-refractivity contribution is 0.100. The van der Waals surface area contributed by atoms with Gasteiger partial charge in [0.05, 0.1) is 11.3 Å². The molecular formula is C7H7N3O. The zero-order valence-corrected chi connectivity index (χ0v) is 6.11. The van der Waals surface area contributed by atoms with Gasteiger partial charge in [-0.15, -0.1) is 0 Å². The molecule has 0 unspecified atom stereocenters. The molecule has 0 aliphatic rings. The lowest BCUT2D eigenvalue weighted by Gasteiger charge is -1.95. The first-order chi connectivity index (χ1) is 5.25. The Balaban J connectivity index is 3.13. The van der Waals surface area contributed by atoms with Gasteiger partial charge in [-0.3, -0.25) is 4.79 Å². The van der Waals surface area contributed by atoms with Crippen LogP contribution < -0.4 is 0 Å². The third kappa shape index (κ3) is 1.46. The molecule has 56 valence electrons. The number of amides is 1. The average Bonchev–Trinajstić information content (AvgIpc) is 2.04. The minimum atomic E-state index is -0.386. The van der Waals surface area contributed by atoms with Crippen LogP contribution in [0.4, 0.5) is 0 Å². The fraction of sp³-hybridized carbons (Fsp3) is 0.143. The van der Waals surface area contributed by atoms with Gasteiger partial charge in [0.1, 0.15) is 6.33 Å². The summed E-state index contributed by atoms with van der Waals surface area (Å²) in [6, 6.07) is 0. The number of carbonyl (C=O) groups excluding carboxylic acids is 1. The van der Waals surface area contributed by atoms with Gasteiger partial charge in [0.25, 0.3) is 5.91 Å². The van der Waals surface area contributed by atoms with E-state index in [0.717, 1.165) is 0 Å². The molecule has 0 aliphatic heterocycles. The summed E-state index contributed by atoms with van der Waals surface area (Å²) in [5, 5.41) is 0. The molecule has 0 aliphatic carbocycles. The maximum Gasteiger partial charge on any atom is 0.279 e. The largest absolute Gasteiger partial charge is 0.279 e. The summed E-state index contributed by atoms with van der Waals surface area (Å²) >= 11 is 0. The molecule has 0 bridgehead atoms. The van der Waals surface area contributed by atoms with Crippen LogP contribution >= 0.6 is 0 Å². The zero-order valence-electron chi connectivity index (χ0n) is 6.11. The lowest BCUT2D eigenvalue weighted by atomic mass is 10.2. The van der Waals surface area contributed by atoms with Crippen LogP contribution in [0.2, 0.25) is 0 Å². The number of hydrogen-bond acceptors (Lipinski definition) is 3. The van der Waals surface area contributed by atoms with Crippen molar-refractivity contribution in [2.24, 2.45) is 4.99 Å². The molecule has 0 aromatic carbocycles. The zero-order chi connectivity index (χ0) is 8.27. The van der Waals surface area contributed by atoms with Crippen molar-refractivity contribution >= 4 is 12.6 Å². The normalized spacial score (nSPS) is 9.18. The number of rotatable bonds is 1. The van der Waals surface area contributed by atoms with Gasteiger partial charge >= 0.3 is 0 Å². The van der Waals surface area contributed by atoms with Crippen LogP contribution in [0.15, 0.2) is 17.5 Å². The molecule has 0 radical (unpaired) electrons. The summed E-state index contributed by atoms with van der Waals surface area (Å²) in [5.74, 6) is -0.386. The monoisotopic (exact) mass is 149 g/mol. The third-order valence-corrected chi connectivity index (χ3v) is 1.29. The molecule has 0 atom stereocenters. The summed E-state index contributed by atoms with van der Waals surface area (Å²) in [5.41, 5.74) is 1.03. The minimum absolute atomic E-state index is 0.386. The van der Waals surface area contributed by atoms with E-state index in [1.54, 1.807) is 6.92 Å². The molecule has 4 nitrogen and oxygen atoms in total. The van der Waals surface area contributed by atoms with Crippen LogP contribution in [-0.4, -0.2) is 22.6 Å². The summed E-state index contributed by atoms with van der Waals surface area (Å²) in [6.45, 7) is 4.85. The van der Waals surface area contributed by atoms with E-state index in [0.29, 0.717) is 11.3 Å². The van der Waals surface area contributed by atoms with Gasteiger partial charge in [-0.25, -0.2) is 15.0 Å². The van der Waals surface area contributed by atoms with E-state index in [9.17, 15) is 4.79 Å². The van der Waals surface area contributed by atoms with E-state index >= 15 is 0 Å². The van der Waals surface area contributed by atoms with Crippen LogP contribution in [0.25, 0.3) is 0 Å². The first-order valence-electron chi connectivity index (χ1n) is 3.03. The number of carbonyl (C=O) groups is 1. The Morgan fingerprint density at radius 2 is 2.45 bits per heavy atom. The highest BCUT2D eigenvalue weighted by Gasteiger charge is 2.05. The second-order valence-corrected chi connectivity index (χ2v) is 1.99. The van der Waals surface area contributed by atoms with Gasteiger partial charge in [-0.1, -0.05) is 0 Å². The van der Waals surface area contributed by atoms with Crippen molar-refractivity contribution in [3.05, 3.63) is 23.8 Å². The average molecular weight is 149 g/mol. The van der Waals surface area contributed by atoms with E-state index in [1.807, 2.05) is 0 Å². The van der Waals surface area contributed by atoms with Crippen molar-refractivity contribution < 1.29 is 4.79 Å². The summed E-state index contributed by atoms with van der Waals surface area (Å²) in [4.78, 5) is 21.7. The molecule has 11 heavy (non-hydrogen) atoms. The van der Waals surface area contributed by atoms with Gasteiger partial charge < -0.3 is 0 Å². The number of aliphatic imine (C=N–C) groups is 1. The Morgan fingerprint density at radius 1 is 1.73 bits per heavy atom. The molecule has 1 heterocycles. The van der Waals surface area contributed by atoms with Crippen molar-refractivity contribution in [2.75, 3.05) is 0 Å². The van der Waals surface area contributed by atoms with Crippen molar-refractivity contribution in [2.45, 2.75) is 6.92 Å². The second-order valence-electron chi connectivity index (χ2n) is 1.99. The highest BCUT2D eigenvalue weighted by molar-refractivity contribution is 5.97. The lowest BCUT2D eigenvalue weighted by Crippen LogP contribution is -2.00. The van der Waals surface area contributed by atoms with Gasteiger partial charge in [0.15, 0.2) is 0 Å². The molecular weight excluding hydrogens is 142 g/mol. The molecule has 1 rings (SSSR count). The van der Waals surface area contributed by atoms with E-state index < -0.39 is 0 Å². The third-order valence-electron chi connectivity index (χ3n) is 1.29. The molecule has 0 saturated heterocycles. The fourth-order valence-corrected chi connectivity index (χ4v) is 0.686. The Hall–Kier alpha value is -1.58. The van der Waals surface area contributed by atoms with Crippen LogP contribution in [0.5, 0.6) is 0 Å². The van der Waals surface area contributed by atoms with E-state index in [4.69, 9.17) is 0 Å². The maximum atomic E-state index is 10.9. The van der Waals surface area contributed by atoms with E-state index in [2.05, 4.69) is 21.7 Å². The number of aryl methyl sites for hydroxylation is 1. The Morgan fingerprint density at radius 3 is 3.00 bits per heavy atom. The van der Waals surface area contributed by atoms with Crippen LogP contribution in [0.1, 0.15) is 16.1 Å². The summed E-state index contributed by atoms with van der Waals surface area (Å²) in [7, 11) is 0. The van der Waals surface area contributed by atoms with Crippen LogP contribution in [0, 0.1) is 6.92 Å². The quantitative estimate of drug-likeness (QED) is 0.550. The smallest absolute Gasteiger partial charge is 0.267 e. The number of hydrogen-bond donors (Lipinski definition) is 0. The van der Waals surface area contributed by atoms with Crippen molar-refractivity contribution in [1.82, 2.24) is 9.97 Å². The summed E-state index contributed by atoms with van der Waals surface area (Å²) < 4.78 is 0. The minimum Gasteiger partial charge on any atom is -0.267 e. The van der Waals surface area contributed by atoms with Gasteiger partial charge in [-0.2, -0.15) is 0 Å².